The highest BCUT2D eigenvalue weighted by Gasteiger charge is 2.32. The molecule has 1 aliphatic rings. The molecule has 15 heavy (non-hydrogen) atoms. The van der Waals surface area contributed by atoms with Crippen LogP contribution in [0.5, 0.6) is 0 Å². The van der Waals surface area contributed by atoms with E-state index in [1.54, 1.807) is 13.0 Å². The molecule has 1 unspecified atom stereocenters. The van der Waals surface area contributed by atoms with Crippen molar-refractivity contribution >= 4 is 11.8 Å². The first-order valence-corrected chi connectivity index (χ1v) is 5.48. The summed E-state index contributed by atoms with van der Waals surface area (Å²) in [7, 11) is 0. The molecule has 0 aromatic carbocycles. The number of allylic oxidation sites excluding steroid dienone is 1. The predicted octanol–water partition coefficient (Wildman–Crippen LogP) is 2.26. The fourth-order valence-corrected chi connectivity index (χ4v) is 1.82. The Morgan fingerprint density at radius 1 is 1.53 bits per heavy atom. The SMILES string of the molecule is CCOC(=O)/C=C/C1(C)CCCCC1=O. The van der Waals surface area contributed by atoms with E-state index < -0.39 is 5.41 Å². The first-order chi connectivity index (χ1) is 7.08. The lowest BCUT2D eigenvalue weighted by Crippen LogP contribution is -2.29. The van der Waals surface area contributed by atoms with Gasteiger partial charge in [0.1, 0.15) is 5.78 Å². The van der Waals surface area contributed by atoms with Gasteiger partial charge < -0.3 is 4.74 Å². The highest BCUT2D eigenvalue weighted by molar-refractivity contribution is 5.89. The van der Waals surface area contributed by atoms with Crippen molar-refractivity contribution in [2.45, 2.75) is 39.5 Å². The van der Waals surface area contributed by atoms with Crippen molar-refractivity contribution in [1.82, 2.24) is 0 Å². The summed E-state index contributed by atoms with van der Waals surface area (Å²) in [5, 5.41) is 0. The Morgan fingerprint density at radius 3 is 2.87 bits per heavy atom. The Morgan fingerprint density at radius 2 is 2.27 bits per heavy atom. The van der Waals surface area contributed by atoms with Crippen LogP contribution in [0.1, 0.15) is 39.5 Å². The zero-order valence-corrected chi connectivity index (χ0v) is 9.41. The molecule has 0 radical (unpaired) electrons. The predicted molar refractivity (Wildman–Crippen MR) is 57.4 cm³/mol. The third-order valence-corrected chi connectivity index (χ3v) is 2.86. The minimum atomic E-state index is -0.453. The van der Waals surface area contributed by atoms with E-state index in [-0.39, 0.29) is 11.8 Å². The van der Waals surface area contributed by atoms with Gasteiger partial charge >= 0.3 is 5.97 Å². The van der Waals surface area contributed by atoms with Crippen LogP contribution in [0.15, 0.2) is 12.2 Å². The molecular weight excluding hydrogens is 192 g/mol. The van der Waals surface area contributed by atoms with Gasteiger partial charge in [-0.3, -0.25) is 4.79 Å². The second-order valence-corrected chi connectivity index (χ2v) is 4.13. The quantitative estimate of drug-likeness (QED) is 0.530. The number of ketones is 1. The Labute approximate surface area is 90.5 Å². The number of esters is 1. The second kappa shape index (κ2) is 5.10. The molecule has 0 aromatic rings. The van der Waals surface area contributed by atoms with Crippen molar-refractivity contribution in [1.29, 1.82) is 0 Å². The number of carbonyl (C=O) groups is 2. The van der Waals surface area contributed by atoms with Gasteiger partial charge in [-0.05, 0) is 26.7 Å². The van der Waals surface area contributed by atoms with Crippen LogP contribution < -0.4 is 0 Å². The summed E-state index contributed by atoms with van der Waals surface area (Å²) in [4.78, 5) is 22.8. The molecule has 0 spiro atoms. The van der Waals surface area contributed by atoms with Gasteiger partial charge in [-0.1, -0.05) is 12.5 Å². The van der Waals surface area contributed by atoms with Gasteiger partial charge in [0.2, 0.25) is 0 Å². The van der Waals surface area contributed by atoms with E-state index in [2.05, 4.69) is 0 Å². The lowest BCUT2D eigenvalue weighted by Gasteiger charge is -2.28. The van der Waals surface area contributed by atoms with E-state index >= 15 is 0 Å². The molecule has 0 heterocycles. The van der Waals surface area contributed by atoms with Crippen molar-refractivity contribution in [2.24, 2.45) is 5.41 Å². The third-order valence-electron chi connectivity index (χ3n) is 2.86. The lowest BCUT2D eigenvalue weighted by molar-refractivity contribution is -0.137. The van der Waals surface area contributed by atoms with Crippen LogP contribution in [0, 0.1) is 5.41 Å². The number of ether oxygens (including phenoxy) is 1. The normalized spacial score (nSPS) is 26.9. The number of hydrogen-bond acceptors (Lipinski definition) is 3. The number of Topliss-reactive ketones (excluding diaryl/α,β-unsaturated/α-hetero) is 1. The molecular formula is C12H18O3. The summed E-state index contributed by atoms with van der Waals surface area (Å²) in [5.74, 6) is -0.133. The molecule has 1 saturated carbocycles. The lowest BCUT2D eigenvalue weighted by atomic mass is 9.74. The first-order valence-electron chi connectivity index (χ1n) is 5.48. The minimum Gasteiger partial charge on any atom is -0.463 e. The van der Waals surface area contributed by atoms with Crippen molar-refractivity contribution in [3.8, 4) is 0 Å². The molecule has 1 atom stereocenters. The van der Waals surface area contributed by atoms with Crippen molar-refractivity contribution in [3.05, 3.63) is 12.2 Å². The molecule has 0 N–H and O–H groups in total. The van der Waals surface area contributed by atoms with Crippen molar-refractivity contribution in [2.75, 3.05) is 6.61 Å². The molecule has 84 valence electrons. The van der Waals surface area contributed by atoms with Crippen molar-refractivity contribution in [3.63, 3.8) is 0 Å². The van der Waals surface area contributed by atoms with Crippen LogP contribution >= 0.6 is 0 Å². The highest BCUT2D eigenvalue weighted by Crippen LogP contribution is 2.33. The Kier molecular flexibility index (Phi) is 4.06. The fourth-order valence-electron chi connectivity index (χ4n) is 1.82. The molecule has 3 heteroatoms. The average Bonchev–Trinajstić information content (AvgIpc) is 2.21. The van der Waals surface area contributed by atoms with E-state index in [1.165, 1.54) is 6.08 Å². The van der Waals surface area contributed by atoms with E-state index in [9.17, 15) is 9.59 Å². The van der Waals surface area contributed by atoms with E-state index in [4.69, 9.17) is 4.74 Å². The van der Waals surface area contributed by atoms with Crippen LogP contribution in [0.2, 0.25) is 0 Å². The molecule has 1 aliphatic carbocycles. The van der Waals surface area contributed by atoms with Crippen LogP contribution in [0.3, 0.4) is 0 Å². The zero-order valence-electron chi connectivity index (χ0n) is 9.41. The van der Waals surface area contributed by atoms with Gasteiger partial charge in [0.25, 0.3) is 0 Å². The molecule has 3 nitrogen and oxygen atoms in total. The number of carbonyl (C=O) groups excluding carboxylic acids is 2. The monoisotopic (exact) mass is 210 g/mol. The smallest absolute Gasteiger partial charge is 0.330 e. The Hall–Kier alpha value is -1.12. The minimum absolute atomic E-state index is 0.231. The highest BCUT2D eigenvalue weighted by atomic mass is 16.5. The molecule has 1 fully saturated rings. The number of hydrogen-bond donors (Lipinski definition) is 0. The zero-order chi connectivity index (χ0) is 11.3. The maximum Gasteiger partial charge on any atom is 0.330 e. The molecule has 0 saturated heterocycles. The summed E-state index contributed by atoms with van der Waals surface area (Å²) in [5.41, 5.74) is -0.453. The second-order valence-electron chi connectivity index (χ2n) is 4.13. The van der Waals surface area contributed by atoms with E-state index in [0.717, 1.165) is 19.3 Å². The van der Waals surface area contributed by atoms with Crippen LogP contribution in [0.25, 0.3) is 0 Å². The fraction of sp³-hybridized carbons (Fsp3) is 0.667. The third kappa shape index (κ3) is 3.18. The van der Waals surface area contributed by atoms with Crippen molar-refractivity contribution < 1.29 is 14.3 Å². The summed E-state index contributed by atoms with van der Waals surface area (Å²) in [6, 6.07) is 0. The van der Waals surface area contributed by atoms with Gasteiger partial charge in [0.15, 0.2) is 0 Å². The van der Waals surface area contributed by atoms with Gasteiger partial charge in [0.05, 0.1) is 6.61 Å². The first kappa shape index (κ1) is 12.0. The summed E-state index contributed by atoms with van der Waals surface area (Å²) in [6.45, 7) is 4.03. The average molecular weight is 210 g/mol. The summed E-state index contributed by atoms with van der Waals surface area (Å²) >= 11 is 0. The summed E-state index contributed by atoms with van der Waals surface area (Å²) < 4.78 is 4.78. The molecule has 0 bridgehead atoms. The maximum absolute atomic E-state index is 11.7. The molecule has 1 rings (SSSR count). The van der Waals surface area contributed by atoms with E-state index in [1.807, 2.05) is 6.92 Å². The molecule has 0 amide bonds. The molecule has 0 aromatic heterocycles. The standard InChI is InChI=1S/C12H18O3/c1-3-15-11(14)7-9-12(2)8-5-4-6-10(12)13/h7,9H,3-6,8H2,1-2H3/b9-7+. The van der Waals surface area contributed by atoms with Crippen LogP contribution in [-0.2, 0) is 14.3 Å². The van der Waals surface area contributed by atoms with Gasteiger partial charge in [-0.25, -0.2) is 4.79 Å². The Balaban J connectivity index is 2.61. The van der Waals surface area contributed by atoms with Gasteiger partial charge in [-0.2, -0.15) is 0 Å². The van der Waals surface area contributed by atoms with Crippen LogP contribution in [-0.4, -0.2) is 18.4 Å². The summed E-state index contributed by atoms with van der Waals surface area (Å²) in [6.07, 6.45) is 6.57. The van der Waals surface area contributed by atoms with Gasteiger partial charge in [0, 0.05) is 17.9 Å². The van der Waals surface area contributed by atoms with E-state index in [0.29, 0.717) is 13.0 Å². The van der Waals surface area contributed by atoms with Crippen LogP contribution in [0.4, 0.5) is 0 Å². The molecule has 0 aliphatic heterocycles. The largest absolute Gasteiger partial charge is 0.463 e. The maximum atomic E-state index is 11.7. The Bertz CT molecular complexity index is 281. The number of rotatable bonds is 3. The topological polar surface area (TPSA) is 43.4 Å². The van der Waals surface area contributed by atoms with Gasteiger partial charge in [-0.15, -0.1) is 0 Å².